The van der Waals surface area contributed by atoms with E-state index in [1.807, 2.05) is 0 Å². The molecule has 0 radical (unpaired) electrons. The van der Waals surface area contributed by atoms with Crippen LogP contribution in [0.3, 0.4) is 0 Å². The highest BCUT2D eigenvalue weighted by atomic mass is 19.4. The Bertz CT molecular complexity index is 509. The van der Waals surface area contributed by atoms with Gasteiger partial charge in [-0.2, -0.15) is 13.2 Å². The minimum Gasteiger partial charge on any atom is -0.494 e. The molecule has 108 valence electrons. The molecule has 1 aromatic carbocycles. The van der Waals surface area contributed by atoms with E-state index >= 15 is 0 Å². The first kappa shape index (κ1) is 14.2. The molecule has 0 unspecified atom stereocenters. The Kier molecular flexibility index (Phi) is 4.16. The zero-order chi connectivity index (χ0) is 14.6. The van der Waals surface area contributed by atoms with Gasteiger partial charge in [0.2, 0.25) is 5.76 Å². The number of amides is 1. The predicted molar refractivity (Wildman–Crippen MR) is 63.3 cm³/mol. The van der Waals surface area contributed by atoms with Gasteiger partial charge in [-0.25, -0.2) is 0 Å². The molecule has 0 spiro atoms. The highest BCUT2D eigenvalue weighted by Gasteiger charge is 2.29. The third-order valence-electron chi connectivity index (χ3n) is 2.61. The van der Waals surface area contributed by atoms with Crippen molar-refractivity contribution in [3.63, 3.8) is 0 Å². The molecule has 2 rings (SSSR count). The van der Waals surface area contributed by atoms with Gasteiger partial charge in [-0.3, -0.25) is 4.79 Å². The molecular weight excluding hydrogens is 275 g/mol. The molecule has 0 saturated carbocycles. The summed E-state index contributed by atoms with van der Waals surface area (Å²) in [6, 6.07) is 4.58. The molecule has 1 aromatic rings. The number of halogens is 3. The molecule has 0 fully saturated rings. The van der Waals surface area contributed by atoms with Gasteiger partial charge in [0.15, 0.2) is 0 Å². The SMILES string of the molecule is O=C(NCc1ccc(C(F)(F)F)cc1)C1=COCCO1. The van der Waals surface area contributed by atoms with Gasteiger partial charge in [0, 0.05) is 6.54 Å². The van der Waals surface area contributed by atoms with Gasteiger partial charge >= 0.3 is 6.18 Å². The number of carbonyl (C=O) groups excluding carboxylic acids is 1. The summed E-state index contributed by atoms with van der Waals surface area (Å²) in [5, 5.41) is 2.53. The van der Waals surface area contributed by atoms with Crippen molar-refractivity contribution in [2.45, 2.75) is 12.7 Å². The van der Waals surface area contributed by atoms with Crippen LogP contribution in [0.15, 0.2) is 36.3 Å². The molecule has 4 nitrogen and oxygen atoms in total. The van der Waals surface area contributed by atoms with E-state index in [-0.39, 0.29) is 12.3 Å². The smallest absolute Gasteiger partial charge is 0.416 e. The van der Waals surface area contributed by atoms with Crippen LogP contribution >= 0.6 is 0 Å². The summed E-state index contributed by atoms with van der Waals surface area (Å²) in [5.41, 5.74) is -0.164. The Morgan fingerprint density at radius 1 is 1.20 bits per heavy atom. The first-order valence-electron chi connectivity index (χ1n) is 5.86. The van der Waals surface area contributed by atoms with Crippen molar-refractivity contribution in [3.8, 4) is 0 Å². The van der Waals surface area contributed by atoms with Crippen LogP contribution in [0.25, 0.3) is 0 Å². The zero-order valence-corrected chi connectivity index (χ0v) is 10.4. The van der Waals surface area contributed by atoms with Gasteiger partial charge in [-0.15, -0.1) is 0 Å². The molecule has 1 aliphatic heterocycles. The zero-order valence-electron chi connectivity index (χ0n) is 10.4. The van der Waals surface area contributed by atoms with Gasteiger partial charge in [-0.05, 0) is 17.7 Å². The van der Waals surface area contributed by atoms with E-state index in [1.165, 1.54) is 18.4 Å². The lowest BCUT2D eigenvalue weighted by Crippen LogP contribution is -2.28. The monoisotopic (exact) mass is 287 g/mol. The Hall–Kier alpha value is -2.18. The van der Waals surface area contributed by atoms with Gasteiger partial charge in [0.05, 0.1) is 5.56 Å². The van der Waals surface area contributed by atoms with Crippen molar-refractivity contribution in [3.05, 3.63) is 47.4 Å². The topological polar surface area (TPSA) is 47.6 Å². The number of ether oxygens (including phenoxy) is 2. The number of nitrogens with one attached hydrogen (secondary N) is 1. The molecule has 1 aliphatic rings. The van der Waals surface area contributed by atoms with Crippen LogP contribution in [0.2, 0.25) is 0 Å². The summed E-state index contributed by atoms with van der Waals surface area (Å²) in [7, 11) is 0. The largest absolute Gasteiger partial charge is 0.494 e. The van der Waals surface area contributed by atoms with Crippen molar-refractivity contribution in [2.24, 2.45) is 0 Å². The molecule has 0 aromatic heterocycles. The maximum absolute atomic E-state index is 12.4. The summed E-state index contributed by atoms with van der Waals surface area (Å²) in [6.45, 7) is 0.785. The molecule has 1 N–H and O–H groups in total. The van der Waals surface area contributed by atoms with E-state index in [0.29, 0.717) is 18.8 Å². The maximum Gasteiger partial charge on any atom is 0.416 e. The van der Waals surface area contributed by atoms with Crippen LogP contribution in [-0.4, -0.2) is 19.1 Å². The van der Waals surface area contributed by atoms with Crippen LogP contribution in [0.1, 0.15) is 11.1 Å². The van der Waals surface area contributed by atoms with E-state index in [1.54, 1.807) is 0 Å². The van der Waals surface area contributed by atoms with E-state index in [0.717, 1.165) is 12.1 Å². The summed E-state index contributed by atoms with van der Waals surface area (Å²) in [6.07, 6.45) is -3.15. The quantitative estimate of drug-likeness (QED) is 0.927. The van der Waals surface area contributed by atoms with Crippen LogP contribution in [0.5, 0.6) is 0 Å². The summed E-state index contributed by atoms with van der Waals surface area (Å²) < 4.78 is 47.1. The van der Waals surface area contributed by atoms with Crippen molar-refractivity contribution in [1.29, 1.82) is 0 Å². The number of benzene rings is 1. The van der Waals surface area contributed by atoms with Crippen molar-refractivity contribution in [1.82, 2.24) is 5.32 Å². The minimum absolute atomic E-state index is 0.0585. The van der Waals surface area contributed by atoms with Crippen LogP contribution < -0.4 is 5.32 Å². The Labute approximate surface area is 113 Å². The minimum atomic E-state index is -4.36. The lowest BCUT2D eigenvalue weighted by molar-refractivity contribution is -0.137. The second-order valence-electron chi connectivity index (χ2n) is 4.08. The van der Waals surface area contributed by atoms with Gasteiger partial charge < -0.3 is 14.8 Å². The molecule has 0 aliphatic carbocycles. The molecule has 1 heterocycles. The summed E-state index contributed by atoms with van der Waals surface area (Å²) >= 11 is 0. The molecule has 20 heavy (non-hydrogen) atoms. The number of carbonyl (C=O) groups is 1. The van der Waals surface area contributed by atoms with E-state index in [9.17, 15) is 18.0 Å². The Morgan fingerprint density at radius 3 is 2.45 bits per heavy atom. The molecule has 0 bridgehead atoms. The average Bonchev–Trinajstić information content (AvgIpc) is 2.45. The van der Waals surface area contributed by atoms with Crippen molar-refractivity contribution in [2.75, 3.05) is 13.2 Å². The highest BCUT2D eigenvalue weighted by Crippen LogP contribution is 2.29. The number of hydrogen-bond acceptors (Lipinski definition) is 3. The molecular formula is C13H12F3NO3. The number of rotatable bonds is 3. The van der Waals surface area contributed by atoms with E-state index in [4.69, 9.17) is 9.47 Å². The summed E-state index contributed by atoms with van der Waals surface area (Å²) in [4.78, 5) is 11.6. The third-order valence-corrected chi connectivity index (χ3v) is 2.61. The van der Waals surface area contributed by atoms with Gasteiger partial charge in [0.25, 0.3) is 5.91 Å². The fourth-order valence-electron chi connectivity index (χ4n) is 1.57. The van der Waals surface area contributed by atoms with Crippen LogP contribution in [0, 0.1) is 0 Å². The normalized spacial score (nSPS) is 14.8. The number of hydrogen-bond donors (Lipinski definition) is 1. The lowest BCUT2D eigenvalue weighted by Gasteiger charge is -2.15. The lowest BCUT2D eigenvalue weighted by atomic mass is 10.1. The second kappa shape index (κ2) is 5.85. The highest BCUT2D eigenvalue weighted by molar-refractivity contribution is 5.91. The fraction of sp³-hybridized carbons (Fsp3) is 0.308. The molecule has 0 saturated heterocycles. The van der Waals surface area contributed by atoms with Gasteiger partial charge in [0.1, 0.15) is 19.5 Å². The maximum atomic E-state index is 12.4. The van der Waals surface area contributed by atoms with Crippen LogP contribution in [0.4, 0.5) is 13.2 Å². The first-order chi connectivity index (χ1) is 9.47. The second-order valence-corrected chi connectivity index (χ2v) is 4.08. The molecule has 7 heteroatoms. The van der Waals surface area contributed by atoms with Crippen molar-refractivity contribution >= 4 is 5.91 Å². The Morgan fingerprint density at radius 2 is 1.90 bits per heavy atom. The number of alkyl halides is 3. The third kappa shape index (κ3) is 3.66. The fourth-order valence-corrected chi connectivity index (χ4v) is 1.57. The average molecular weight is 287 g/mol. The predicted octanol–water partition coefficient (Wildman–Crippen LogP) is 2.21. The molecule has 1 amide bonds. The molecule has 0 atom stereocenters. The van der Waals surface area contributed by atoms with E-state index in [2.05, 4.69) is 5.32 Å². The van der Waals surface area contributed by atoms with E-state index < -0.39 is 17.6 Å². The first-order valence-corrected chi connectivity index (χ1v) is 5.86. The van der Waals surface area contributed by atoms with Crippen molar-refractivity contribution < 1.29 is 27.4 Å². The Balaban J connectivity index is 1.91. The summed E-state index contributed by atoms with van der Waals surface area (Å²) in [5.74, 6) is -0.409. The van der Waals surface area contributed by atoms with Gasteiger partial charge in [-0.1, -0.05) is 12.1 Å². The van der Waals surface area contributed by atoms with Crippen LogP contribution in [-0.2, 0) is 27.0 Å². The standard InChI is InChI=1S/C13H12F3NO3/c14-13(15,16)10-3-1-9(2-4-10)7-17-12(18)11-8-19-5-6-20-11/h1-4,8H,5-7H2,(H,17,18).